The van der Waals surface area contributed by atoms with Crippen molar-refractivity contribution in [2.24, 2.45) is 17.1 Å². The summed E-state index contributed by atoms with van der Waals surface area (Å²) < 4.78 is 19.9. The maximum atomic E-state index is 13.9. The molecular formula is C46H74ClFN4O4. The molecule has 2 aromatic heterocycles. The molecule has 1 amide bonds. The fourth-order valence-electron chi connectivity index (χ4n) is 4.57. The summed E-state index contributed by atoms with van der Waals surface area (Å²) in [6.45, 7) is 31.1. The highest BCUT2D eigenvalue weighted by molar-refractivity contribution is 6.30. The maximum Gasteiger partial charge on any atom is 0.248 e. The summed E-state index contributed by atoms with van der Waals surface area (Å²) >= 11 is 5.80. The molecular weight excluding hydrogens is 727 g/mol. The predicted octanol–water partition coefficient (Wildman–Crippen LogP) is 14.0. The third-order valence-corrected chi connectivity index (χ3v) is 8.25. The second-order valence-electron chi connectivity index (χ2n) is 15.8. The van der Waals surface area contributed by atoms with Gasteiger partial charge in [-0.05, 0) is 69.3 Å². The number of furan rings is 1. The standard InChI is InChI=1S/C22H23ClFNO2.C11H17NO.C7H16.C4H10.C2H7N.HNO/c1-6-12(2)20(26)19-11-18-21(27-19)14(22(3,4)5)10-17(25-18)13-7-8-15(23)16(24)9-13;1-4-6-9(2)7-5-8-10(3)11(12)13;1-5-6-7(2,3)4;1-3-4-2;1-3-2;1-2/h7-12H,6H2,1-5H3;5,7-8H,3-4,6H2,1-2H3,(H2,12,13);5-6H2,1-4H3;3-4H2,1-2H3;3H,1-2H3;1H/b;8-5-,9-7-;;;;. The summed E-state index contributed by atoms with van der Waals surface area (Å²) in [5.41, 5.74) is 14.8. The van der Waals surface area contributed by atoms with Crippen molar-refractivity contribution >= 4 is 34.4 Å². The number of amides is 1. The average Bonchev–Trinajstić information content (AvgIpc) is 3.57. The van der Waals surface area contributed by atoms with Crippen molar-refractivity contribution in [3.8, 4) is 11.3 Å². The van der Waals surface area contributed by atoms with Gasteiger partial charge in [-0.25, -0.2) is 9.37 Å². The van der Waals surface area contributed by atoms with Crippen LogP contribution >= 0.6 is 11.6 Å². The van der Waals surface area contributed by atoms with Crippen molar-refractivity contribution in [2.45, 2.75) is 140 Å². The zero-order chi connectivity index (χ0) is 44.2. The first-order valence-corrected chi connectivity index (χ1v) is 20.0. The van der Waals surface area contributed by atoms with Crippen LogP contribution < -0.4 is 11.1 Å². The number of carbonyl (C=O) groups is 2. The number of carbonyl (C=O) groups excluding carboxylic acids is 2. The summed E-state index contributed by atoms with van der Waals surface area (Å²) in [4.78, 5) is 35.2. The Morgan fingerprint density at radius 2 is 1.54 bits per heavy atom. The van der Waals surface area contributed by atoms with Crippen molar-refractivity contribution in [2.75, 3.05) is 14.1 Å². The van der Waals surface area contributed by atoms with Gasteiger partial charge < -0.3 is 15.5 Å². The number of unbranched alkanes of at least 4 members (excludes halogenated alkanes) is 1. The van der Waals surface area contributed by atoms with E-state index in [2.05, 4.69) is 98.6 Å². The van der Waals surface area contributed by atoms with Crippen LogP contribution in [0.5, 0.6) is 0 Å². The van der Waals surface area contributed by atoms with E-state index in [1.807, 2.05) is 40.1 Å². The average molecular weight is 802 g/mol. The first-order valence-electron chi connectivity index (χ1n) is 19.6. The van der Waals surface area contributed by atoms with Crippen LogP contribution in [0.15, 0.2) is 70.7 Å². The van der Waals surface area contributed by atoms with Crippen LogP contribution in [0.2, 0.25) is 5.02 Å². The number of halogens is 2. The van der Waals surface area contributed by atoms with Gasteiger partial charge in [0.05, 0.1) is 10.7 Å². The van der Waals surface area contributed by atoms with Crippen molar-refractivity contribution in [1.29, 1.82) is 5.59 Å². The van der Waals surface area contributed by atoms with E-state index in [0.717, 1.165) is 24.8 Å². The number of fused-ring (bicyclic) bond motifs is 1. The SMILES string of the molecule is C=C(/C=C\C=C(\C)CCC)C(N)=O.CCC(C)C(=O)c1cc2nc(-c3ccc(Cl)c(F)c3)cc(C(C)(C)C)c2o1.CCCC.CCCC(C)(C)C.CNC.N=O. The molecule has 0 spiro atoms. The molecule has 1 unspecified atom stereocenters. The van der Waals surface area contributed by atoms with Gasteiger partial charge >= 0.3 is 0 Å². The van der Waals surface area contributed by atoms with Crippen LogP contribution in [0.4, 0.5) is 4.39 Å². The highest BCUT2D eigenvalue weighted by Crippen LogP contribution is 2.35. The Morgan fingerprint density at radius 1 is 0.982 bits per heavy atom. The number of hydrogen-bond donors (Lipinski definition) is 3. The quantitative estimate of drug-likeness (QED) is 0.0763. The van der Waals surface area contributed by atoms with E-state index in [-0.39, 0.29) is 22.1 Å². The number of ketones is 1. The fraction of sp³-hybridized carbons (Fsp3) is 0.543. The van der Waals surface area contributed by atoms with Gasteiger partial charge in [-0.1, -0.05) is 162 Å². The van der Waals surface area contributed by atoms with Gasteiger partial charge in [-0.2, -0.15) is 4.91 Å². The van der Waals surface area contributed by atoms with Crippen LogP contribution in [0.1, 0.15) is 151 Å². The molecule has 1 aromatic carbocycles. The lowest BCUT2D eigenvalue weighted by Gasteiger charge is -2.20. The lowest BCUT2D eigenvalue weighted by Crippen LogP contribution is -2.12. The molecule has 1 atom stereocenters. The molecule has 0 bridgehead atoms. The number of allylic oxidation sites excluding steroid dienone is 3. The molecule has 0 fully saturated rings. The van der Waals surface area contributed by atoms with Gasteiger partial charge in [0.25, 0.3) is 0 Å². The summed E-state index contributed by atoms with van der Waals surface area (Å²) in [6.07, 6.45) is 13.6. The summed E-state index contributed by atoms with van der Waals surface area (Å²) in [7, 11) is 3.75. The maximum absolute atomic E-state index is 13.9. The first-order chi connectivity index (χ1) is 26.1. The summed E-state index contributed by atoms with van der Waals surface area (Å²) in [6, 6.07) is 8.20. The van der Waals surface area contributed by atoms with E-state index in [1.54, 1.807) is 24.3 Å². The fourth-order valence-corrected chi connectivity index (χ4v) is 4.69. The number of nitrogens with zero attached hydrogens (tertiary/aromatic N) is 1. The molecule has 316 valence electrons. The number of rotatable bonds is 11. The molecule has 56 heavy (non-hydrogen) atoms. The van der Waals surface area contributed by atoms with Crippen LogP contribution in [0.25, 0.3) is 22.4 Å². The smallest absolute Gasteiger partial charge is 0.248 e. The number of primary amides is 1. The van der Waals surface area contributed by atoms with Crippen LogP contribution in [0, 0.1) is 27.7 Å². The largest absolute Gasteiger partial charge is 0.451 e. The number of pyridine rings is 1. The van der Waals surface area contributed by atoms with Crippen molar-refractivity contribution < 1.29 is 18.4 Å². The van der Waals surface area contributed by atoms with E-state index in [4.69, 9.17) is 26.7 Å². The number of nitrogens with two attached hydrogens (primary N) is 1. The van der Waals surface area contributed by atoms with Crippen LogP contribution in [-0.4, -0.2) is 30.8 Å². The zero-order valence-corrected chi connectivity index (χ0v) is 38.0. The molecule has 3 aromatic rings. The molecule has 4 N–H and O–H groups in total. The van der Waals surface area contributed by atoms with E-state index < -0.39 is 11.7 Å². The van der Waals surface area contributed by atoms with E-state index >= 15 is 0 Å². The highest BCUT2D eigenvalue weighted by atomic mass is 35.5. The summed E-state index contributed by atoms with van der Waals surface area (Å²) in [5.74, 6) is -0.800. The molecule has 0 saturated carbocycles. The number of nitrogens with one attached hydrogen (secondary N) is 2. The molecule has 10 heteroatoms. The minimum Gasteiger partial charge on any atom is -0.451 e. The predicted molar refractivity (Wildman–Crippen MR) is 239 cm³/mol. The third kappa shape index (κ3) is 23.9. The number of nitroso groups, excluding NO2 is 1. The number of Topliss-reactive ketones (excluding diaryl/α,β-unsaturated/α-hetero) is 1. The van der Waals surface area contributed by atoms with Crippen LogP contribution in [-0.2, 0) is 10.2 Å². The number of hydrogen-bond acceptors (Lipinski definition) is 7. The summed E-state index contributed by atoms with van der Waals surface area (Å²) in [5, 5.41) is 2.82. The molecule has 0 aliphatic heterocycles. The zero-order valence-electron chi connectivity index (χ0n) is 37.3. The monoisotopic (exact) mass is 801 g/mol. The normalized spacial score (nSPS) is 11.6. The molecule has 0 aliphatic carbocycles. The Kier molecular flexibility index (Phi) is 30.4. The lowest BCUT2D eigenvalue weighted by atomic mass is 9.86. The van der Waals surface area contributed by atoms with Crippen molar-refractivity contribution in [1.82, 2.24) is 10.3 Å². The van der Waals surface area contributed by atoms with E-state index in [9.17, 15) is 14.0 Å². The molecule has 3 rings (SSSR count). The van der Waals surface area contributed by atoms with E-state index in [1.165, 1.54) is 43.4 Å². The van der Waals surface area contributed by atoms with Crippen molar-refractivity contribution in [3.63, 3.8) is 0 Å². The second kappa shape index (κ2) is 30.2. The van der Waals surface area contributed by atoms with Crippen molar-refractivity contribution in [3.05, 3.63) is 93.4 Å². The Hall–Kier alpha value is -3.95. The minimum absolute atomic E-state index is 0.0329. The first kappa shape index (κ1) is 56.4. The van der Waals surface area contributed by atoms with Gasteiger partial charge in [0.2, 0.25) is 11.7 Å². The second-order valence-corrected chi connectivity index (χ2v) is 16.2. The Balaban J connectivity index is -0.000000803. The topological polar surface area (TPSA) is 139 Å². The molecule has 2 heterocycles. The van der Waals surface area contributed by atoms with Gasteiger partial charge in [0, 0.05) is 28.7 Å². The lowest BCUT2D eigenvalue weighted by molar-refractivity contribution is -0.114. The van der Waals surface area contributed by atoms with Crippen LogP contribution in [0.3, 0.4) is 0 Å². The number of aromatic nitrogens is 1. The Bertz CT molecular complexity index is 1650. The minimum atomic E-state index is -0.492. The van der Waals surface area contributed by atoms with Gasteiger partial charge in [-0.15, -0.1) is 0 Å². The van der Waals surface area contributed by atoms with Gasteiger partial charge in [-0.3, -0.25) is 9.59 Å². The molecule has 0 saturated heterocycles. The number of benzene rings is 1. The Morgan fingerprint density at radius 3 is 1.93 bits per heavy atom. The molecule has 8 nitrogen and oxygen atoms in total. The third-order valence-electron chi connectivity index (χ3n) is 7.94. The highest BCUT2D eigenvalue weighted by Gasteiger charge is 2.25. The van der Waals surface area contributed by atoms with Gasteiger partial charge in [0.15, 0.2) is 11.3 Å². The molecule has 0 aliphatic rings. The van der Waals surface area contributed by atoms with Gasteiger partial charge in [0.1, 0.15) is 11.3 Å². The molecule has 0 radical (unpaired) electrons. The Labute approximate surface area is 343 Å². The van der Waals surface area contributed by atoms with E-state index in [0.29, 0.717) is 39.1 Å².